The molecule has 2 aromatic rings. The fourth-order valence-corrected chi connectivity index (χ4v) is 2.07. The number of pyridine rings is 1. The predicted octanol–water partition coefficient (Wildman–Crippen LogP) is 3.89. The lowest BCUT2D eigenvalue weighted by Crippen LogP contribution is -2.03. The van der Waals surface area contributed by atoms with E-state index in [1.54, 1.807) is 0 Å². The summed E-state index contributed by atoms with van der Waals surface area (Å²) in [6.07, 6.45) is 1.09. The van der Waals surface area contributed by atoms with Crippen molar-refractivity contribution >= 4 is 29.2 Å². The Bertz CT molecular complexity index is 631. The van der Waals surface area contributed by atoms with Gasteiger partial charge in [0.05, 0.1) is 16.1 Å². The highest BCUT2D eigenvalue weighted by atomic mass is 35.5. The second kappa shape index (κ2) is 4.92. The molecule has 0 saturated heterocycles. The van der Waals surface area contributed by atoms with Crippen molar-refractivity contribution in [3.63, 3.8) is 0 Å². The largest absolute Gasteiger partial charge is 0.478 e. The normalized spacial score (nSPS) is 10.4. The van der Waals surface area contributed by atoms with E-state index in [4.69, 9.17) is 28.3 Å². The number of hydrogen-bond donors (Lipinski definition) is 1. The van der Waals surface area contributed by atoms with Gasteiger partial charge in [0.2, 0.25) is 5.95 Å². The van der Waals surface area contributed by atoms with Crippen LogP contribution in [0.5, 0.6) is 0 Å². The molecule has 0 aliphatic carbocycles. The fourth-order valence-electron chi connectivity index (χ4n) is 1.56. The molecular weight excluding hydrogens is 280 g/mol. The highest BCUT2D eigenvalue weighted by molar-refractivity contribution is 6.36. The Labute approximate surface area is 112 Å². The first-order valence-electron chi connectivity index (χ1n) is 4.84. The van der Waals surface area contributed by atoms with Gasteiger partial charge in [-0.1, -0.05) is 29.3 Å². The first kappa shape index (κ1) is 12.8. The fraction of sp³-hybridized carbons (Fsp3) is 0. The molecule has 0 aliphatic rings. The lowest BCUT2D eigenvalue weighted by molar-refractivity contribution is 0.0697. The second-order valence-corrected chi connectivity index (χ2v) is 4.30. The minimum absolute atomic E-state index is 0.147. The number of benzene rings is 1. The lowest BCUT2D eigenvalue weighted by Gasteiger charge is -2.08. The Balaban J connectivity index is 2.74. The van der Waals surface area contributed by atoms with Gasteiger partial charge in [0.25, 0.3) is 0 Å². The average Bonchev–Trinajstić information content (AvgIpc) is 2.29. The van der Waals surface area contributed by atoms with Crippen LogP contribution in [0.3, 0.4) is 0 Å². The maximum atomic E-state index is 13.7. The van der Waals surface area contributed by atoms with Crippen molar-refractivity contribution in [2.45, 2.75) is 0 Å². The Morgan fingerprint density at radius 2 is 2.00 bits per heavy atom. The minimum atomic E-state index is -1.25. The van der Waals surface area contributed by atoms with Gasteiger partial charge in [0.15, 0.2) is 0 Å². The van der Waals surface area contributed by atoms with Crippen molar-refractivity contribution in [3.8, 4) is 11.1 Å². The Hall–Kier alpha value is -1.65. The molecule has 1 aromatic carbocycles. The Kier molecular flexibility index (Phi) is 3.50. The number of aromatic carboxylic acids is 1. The van der Waals surface area contributed by atoms with E-state index in [-0.39, 0.29) is 21.7 Å². The van der Waals surface area contributed by atoms with E-state index in [1.807, 2.05) is 0 Å². The molecule has 92 valence electrons. The SMILES string of the molecule is O=C(O)c1ccnc(F)c1-c1ccc(Cl)cc1Cl. The van der Waals surface area contributed by atoms with Crippen molar-refractivity contribution in [2.24, 2.45) is 0 Å². The van der Waals surface area contributed by atoms with Crippen LogP contribution in [-0.4, -0.2) is 16.1 Å². The van der Waals surface area contributed by atoms with Gasteiger partial charge in [0.1, 0.15) is 0 Å². The van der Waals surface area contributed by atoms with E-state index in [9.17, 15) is 9.18 Å². The molecule has 0 bridgehead atoms. The van der Waals surface area contributed by atoms with Crippen LogP contribution in [0.25, 0.3) is 11.1 Å². The Morgan fingerprint density at radius 1 is 1.28 bits per heavy atom. The summed E-state index contributed by atoms with van der Waals surface area (Å²) in [6, 6.07) is 5.58. The summed E-state index contributed by atoms with van der Waals surface area (Å²) in [5.41, 5.74) is -0.109. The number of hydrogen-bond acceptors (Lipinski definition) is 2. The smallest absolute Gasteiger partial charge is 0.336 e. The second-order valence-electron chi connectivity index (χ2n) is 3.45. The zero-order valence-electron chi connectivity index (χ0n) is 8.82. The van der Waals surface area contributed by atoms with Gasteiger partial charge in [-0.25, -0.2) is 9.78 Å². The minimum Gasteiger partial charge on any atom is -0.478 e. The average molecular weight is 286 g/mol. The van der Waals surface area contributed by atoms with E-state index < -0.39 is 11.9 Å². The van der Waals surface area contributed by atoms with Crippen LogP contribution < -0.4 is 0 Å². The topological polar surface area (TPSA) is 50.2 Å². The van der Waals surface area contributed by atoms with Gasteiger partial charge in [0, 0.05) is 16.8 Å². The first-order chi connectivity index (χ1) is 8.50. The molecule has 0 unspecified atom stereocenters. The molecule has 0 fully saturated rings. The molecule has 1 N–H and O–H groups in total. The van der Waals surface area contributed by atoms with Crippen molar-refractivity contribution in [3.05, 3.63) is 52.0 Å². The van der Waals surface area contributed by atoms with Crippen LogP contribution in [0.2, 0.25) is 10.0 Å². The number of carbonyl (C=O) groups is 1. The molecule has 1 heterocycles. The molecule has 2 rings (SSSR count). The third kappa shape index (κ3) is 2.30. The Morgan fingerprint density at radius 3 is 2.61 bits per heavy atom. The third-order valence-electron chi connectivity index (χ3n) is 2.34. The van der Waals surface area contributed by atoms with Crippen molar-refractivity contribution < 1.29 is 14.3 Å². The molecular formula is C12H6Cl2FNO2. The van der Waals surface area contributed by atoms with Crippen molar-refractivity contribution in [1.82, 2.24) is 4.98 Å². The van der Waals surface area contributed by atoms with Crippen LogP contribution in [0.4, 0.5) is 4.39 Å². The first-order valence-corrected chi connectivity index (χ1v) is 5.59. The highest BCUT2D eigenvalue weighted by Crippen LogP contribution is 2.33. The third-order valence-corrected chi connectivity index (χ3v) is 2.88. The number of nitrogens with zero attached hydrogens (tertiary/aromatic N) is 1. The molecule has 1 aromatic heterocycles. The number of rotatable bonds is 2. The quantitative estimate of drug-likeness (QED) is 0.852. The summed E-state index contributed by atoms with van der Waals surface area (Å²) in [5, 5.41) is 9.58. The molecule has 0 amide bonds. The number of carboxylic acids is 1. The summed E-state index contributed by atoms with van der Waals surface area (Å²) in [4.78, 5) is 14.5. The van der Waals surface area contributed by atoms with E-state index >= 15 is 0 Å². The maximum Gasteiger partial charge on any atom is 0.336 e. The molecule has 18 heavy (non-hydrogen) atoms. The van der Waals surface area contributed by atoms with Crippen LogP contribution in [0.1, 0.15) is 10.4 Å². The molecule has 0 saturated carbocycles. The molecule has 0 spiro atoms. The number of aromatic nitrogens is 1. The van der Waals surface area contributed by atoms with E-state index in [0.29, 0.717) is 5.02 Å². The zero-order valence-corrected chi connectivity index (χ0v) is 10.3. The van der Waals surface area contributed by atoms with Gasteiger partial charge >= 0.3 is 5.97 Å². The molecule has 0 aliphatic heterocycles. The molecule has 3 nitrogen and oxygen atoms in total. The van der Waals surface area contributed by atoms with Crippen LogP contribution >= 0.6 is 23.2 Å². The van der Waals surface area contributed by atoms with E-state index in [0.717, 1.165) is 6.20 Å². The summed E-state index contributed by atoms with van der Waals surface area (Å²) in [5.74, 6) is -2.14. The highest BCUT2D eigenvalue weighted by Gasteiger charge is 2.19. The number of halogens is 3. The van der Waals surface area contributed by atoms with E-state index in [2.05, 4.69) is 4.98 Å². The molecule has 0 radical (unpaired) electrons. The van der Waals surface area contributed by atoms with Crippen LogP contribution in [0.15, 0.2) is 30.5 Å². The summed E-state index contributed by atoms with van der Waals surface area (Å²) in [7, 11) is 0. The summed E-state index contributed by atoms with van der Waals surface area (Å²) < 4.78 is 13.7. The maximum absolute atomic E-state index is 13.7. The molecule has 0 atom stereocenters. The predicted molar refractivity (Wildman–Crippen MR) is 66.6 cm³/mol. The van der Waals surface area contributed by atoms with E-state index in [1.165, 1.54) is 24.3 Å². The van der Waals surface area contributed by atoms with Gasteiger partial charge in [-0.3, -0.25) is 0 Å². The lowest BCUT2D eigenvalue weighted by atomic mass is 10.0. The van der Waals surface area contributed by atoms with Crippen molar-refractivity contribution in [1.29, 1.82) is 0 Å². The molecule has 6 heteroatoms. The van der Waals surface area contributed by atoms with Gasteiger partial charge in [-0.15, -0.1) is 0 Å². The van der Waals surface area contributed by atoms with Crippen molar-refractivity contribution in [2.75, 3.05) is 0 Å². The standard InChI is InChI=1S/C12H6Cl2FNO2/c13-6-1-2-7(9(14)5-6)10-8(12(17)18)3-4-16-11(10)15/h1-5H,(H,17,18). The van der Waals surface area contributed by atoms with Crippen LogP contribution in [-0.2, 0) is 0 Å². The van der Waals surface area contributed by atoms with Gasteiger partial charge in [-0.05, 0) is 18.2 Å². The number of carboxylic acid groups (broad SMARTS) is 1. The summed E-state index contributed by atoms with van der Waals surface area (Å²) in [6.45, 7) is 0. The van der Waals surface area contributed by atoms with Gasteiger partial charge in [-0.2, -0.15) is 4.39 Å². The monoisotopic (exact) mass is 285 g/mol. The van der Waals surface area contributed by atoms with Gasteiger partial charge < -0.3 is 5.11 Å². The van der Waals surface area contributed by atoms with Crippen LogP contribution in [0, 0.1) is 5.95 Å². The summed E-state index contributed by atoms with van der Waals surface area (Å²) >= 11 is 11.7. The zero-order chi connectivity index (χ0) is 13.3.